The third-order valence-corrected chi connectivity index (χ3v) is 4.30. The van der Waals surface area contributed by atoms with E-state index in [1.54, 1.807) is 6.07 Å². The first kappa shape index (κ1) is 15.0. The van der Waals surface area contributed by atoms with Gasteiger partial charge in [-0.25, -0.2) is 4.79 Å². The van der Waals surface area contributed by atoms with E-state index in [-0.39, 0.29) is 11.5 Å². The maximum atomic E-state index is 12.4. The lowest BCUT2D eigenvalue weighted by atomic mass is 9.82. The van der Waals surface area contributed by atoms with Crippen molar-refractivity contribution in [1.82, 2.24) is 5.32 Å². The number of nitrogens with one attached hydrogen (secondary N) is 2. The van der Waals surface area contributed by atoms with Crippen LogP contribution in [0, 0.1) is 5.41 Å². The van der Waals surface area contributed by atoms with Gasteiger partial charge in [-0.05, 0) is 60.4 Å². The molecule has 1 atom stereocenters. The Labute approximate surface area is 125 Å². The number of rotatable bonds is 3. The molecule has 2 rings (SSSR count). The van der Waals surface area contributed by atoms with E-state index in [1.807, 2.05) is 6.92 Å². The molecule has 0 saturated carbocycles. The smallest absolute Gasteiger partial charge is 0.335 e. The topological polar surface area (TPSA) is 78.4 Å². The van der Waals surface area contributed by atoms with Crippen LogP contribution >= 0.6 is 15.9 Å². The lowest BCUT2D eigenvalue weighted by Gasteiger charge is -2.32. The van der Waals surface area contributed by atoms with Crippen molar-refractivity contribution < 1.29 is 14.7 Å². The van der Waals surface area contributed by atoms with Crippen molar-refractivity contribution in [3.05, 3.63) is 28.2 Å². The number of hydrogen-bond donors (Lipinski definition) is 3. The number of hydrogen-bond acceptors (Lipinski definition) is 3. The van der Waals surface area contributed by atoms with Crippen molar-refractivity contribution in [2.24, 2.45) is 5.41 Å². The number of carbonyl (C=O) groups excluding carboxylic acids is 1. The highest BCUT2D eigenvalue weighted by molar-refractivity contribution is 9.10. The van der Waals surface area contributed by atoms with Crippen molar-refractivity contribution in [3.8, 4) is 0 Å². The Morgan fingerprint density at radius 3 is 2.80 bits per heavy atom. The molecule has 3 N–H and O–H groups in total. The summed E-state index contributed by atoms with van der Waals surface area (Å²) in [6.07, 6.45) is 1.78. The molecule has 1 unspecified atom stereocenters. The molecule has 0 radical (unpaired) electrons. The van der Waals surface area contributed by atoms with Gasteiger partial charge in [-0.3, -0.25) is 4.79 Å². The van der Waals surface area contributed by atoms with Crippen LogP contribution in [-0.2, 0) is 4.79 Å². The van der Waals surface area contributed by atoms with Crippen LogP contribution in [0.3, 0.4) is 0 Å². The zero-order valence-corrected chi connectivity index (χ0v) is 12.8. The molecule has 1 saturated heterocycles. The quantitative estimate of drug-likeness (QED) is 0.789. The van der Waals surface area contributed by atoms with E-state index in [0.29, 0.717) is 16.7 Å². The van der Waals surface area contributed by atoms with Gasteiger partial charge >= 0.3 is 5.97 Å². The number of anilines is 1. The molecule has 5 nitrogen and oxygen atoms in total. The third-order valence-electron chi connectivity index (χ3n) is 3.61. The number of amides is 1. The maximum Gasteiger partial charge on any atom is 0.335 e. The first-order valence-electron chi connectivity index (χ1n) is 6.47. The van der Waals surface area contributed by atoms with Crippen LogP contribution in [0.25, 0.3) is 0 Å². The second-order valence-corrected chi connectivity index (χ2v) is 6.15. The van der Waals surface area contributed by atoms with Gasteiger partial charge in [-0.15, -0.1) is 0 Å². The van der Waals surface area contributed by atoms with Crippen LogP contribution in [0.5, 0.6) is 0 Å². The summed E-state index contributed by atoms with van der Waals surface area (Å²) < 4.78 is 0.670. The van der Waals surface area contributed by atoms with Gasteiger partial charge in [0.15, 0.2) is 0 Å². The van der Waals surface area contributed by atoms with Crippen molar-refractivity contribution in [2.45, 2.75) is 19.8 Å². The van der Waals surface area contributed by atoms with E-state index >= 15 is 0 Å². The molecule has 1 heterocycles. The van der Waals surface area contributed by atoms with E-state index in [0.717, 1.165) is 19.4 Å². The number of carboxylic acids is 1. The Hall–Kier alpha value is -1.40. The summed E-state index contributed by atoms with van der Waals surface area (Å²) >= 11 is 3.33. The predicted molar refractivity (Wildman–Crippen MR) is 79.9 cm³/mol. The summed E-state index contributed by atoms with van der Waals surface area (Å²) in [6, 6.07) is 4.58. The lowest BCUT2D eigenvalue weighted by Crippen LogP contribution is -2.46. The van der Waals surface area contributed by atoms with Crippen molar-refractivity contribution in [1.29, 1.82) is 0 Å². The molecule has 20 heavy (non-hydrogen) atoms. The summed E-state index contributed by atoms with van der Waals surface area (Å²) in [5, 5.41) is 15.0. The highest BCUT2D eigenvalue weighted by Gasteiger charge is 2.34. The fraction of sp³-hybridized carbons (Fsp3) is 0.429. The Kier molecular flexibility index (Phi) is 4.45. The Bertz CT molecular complexity index is 539. The number of piperidine rings is 1. The van der Waals surface area contributed by atoms with Crippen LogP contribution in [0.4, 0.5) is 5.69 Å². The Balaban J connectivity index is 2.18. The summed E-state index contributed by atoms with van der Waals surface area (Å²) in [7, 11) is 0. The molecule has 1 fully saturated rings. The normalized spacial score (nSPS) is 22.3. The highest BCUT2D eigenvalue weighted by atomic mass is 79.9. The van der Waals surface area contributed by atoms with Crippen LogP contribution < -0.4 is 10.6 Å². The van der Waals surface area contributed by atoms with Gasteiger partial charge in [0.2, 0.25) is 5.91 Å². The van der Waals surface area contributed by atoms with Gasteiger partial charge in [0.1, 0.15) is 0 Å². The molecule has 0 bridgehead atoms. The molecule has 6 heteroatoms. The number of halogens is 1. The predicted octanol–water partition coefficient (Wildman–Crippen LogP) is 2.48. The molecule has 1 aliphatic heterocycles. The van der Waals surface area contributed by atoms with Crippen molar-refractivity contribution >= 4 is 33.5 Å². The van der Waals surface area contributed by atoms with Gasteiger partial charge < -0.3 is 15.7 Å². The molecule has 0 spiro atoms. The zero-order valence-electron chi connectivity index (χ0n) is 11.2. The highest BCUT2D eigenvalue weighted by Crippen LogP contribution is 2.30. The number of carboxylic acid groups (broad SMARTS) is 1. The Morgan fingerprint density at radius 1 is 1.45 bits per heavy atom. The number of carbonyl (C=O) groups is 2. The van der Waals surface area contributed by atoms with Crippen LogP contribution in [0.15, 0.2) is 22.7 Å². The van der Waals surface area contributed by atoms with E-state index in [2.05, 4.69) is 26.6 Å². The summed E-state index contributed by atoms with van der Waals surface area (Å²) in [6.45, 7) is 3.49. The summed E-state index contributed by atoms with van der Waals surface area (Å²) in [5.41, 5.74) is 0.175. The second kappa shape index (κ2) is 5.93. The molecule has 0 aromatic heterocycles. The fourth-order valence-electron chi connectivity index (χ4n) is 2.28. The van der Waals surface area contributed by atoms with Crippen LogP contribution in [0.1, 0.15) is 30.1 Å². The minimum Gasteiger partial charge on any atom is -0.478 e. The average Bonchev–Trinajstić information content (AvgIpc) is 2.41. The second-order valence-electron chi connectivity index (χ2n) is 5.29. The van der Waals surface area contributed by atoms with Gasteiger partial charge in [0.05, 0.1) is 16.7 Å². The fourth-order valence-corrected chi connectivity index (χ4v) is 2.62. The first-order chi connectivity index (χ1) is 9.42. The minimum absolute atomic E-state index is 0.0899. The molecular weight excluding hydrogens is 324 g/mol. The maximum absolute atomic E-state index is 12.4. The lowest BCUT2D eigenvalue weighted by molar-refractivity contribution is -0.125. The minimum atomic E-state index is -1.02. The van der Waals surface area contributed by atoms with Gasteiger partial charge in [0.25, 0.3) is 0 Å². The van der Waals surface area contributed by atoms with Crippen molar-refractivity contribution in [2.75, 3.05) is 18.4 Å². The summed E-state index contributed by atoms with van der Waals surface area (Å²) in [4.78, 5) is 23.4. The monoisotopic (exact) mass is 340 g/mol. The van der Waals surface area contributed by atoms with E-state index in [1.165, 1.54) is 12.1 Å². The van der Waals surface area contributed by atoms with E-state index < -0.39 is 11.4 Å². The standard InChI is InChI=1S/C14H17BrN2O3/c1-14(5-2-6-16-8-14)13(20)17-11-7-9(12(18)19)3-4-10(11)15/h3-4,7,16H,2,5-6,8H2,1H3,(H,17,20)(H,18,19). The number of aromatic carboxylic acids is 1. The van der Waals surface area contributed by atoms with Gasteiger partial charge in [-0.1, -0.05) is 0 Å². The number of benzene rings is 1. The third kappa shape index (κ3) is 3.19. The van der Waals surface area contributed by atoms with Crippen molar-refractivity contribution in [3.63, 3.8) is 0 Å². The molecule has 0 aliphatic carbocycles. The molecule has 108 valence electrons. The summed E-state index contributed by atoms with van der Waals surface area (Å²) in [5.74, 6) is -1.11. The molecular formula is C14H17BrN2O3. The Morgan fingerprint density at radius 2 is 2.20 bits per heavy atom. The van der Waals surface area contributed by atoms with Crippen LogP contribution in [0.2, 0.25) is 0 Å². The van der Waals surface area contributed by atoms with Gasteiger partial charge in [-0.2, -0.15) is 0 Å². The van der Waals surface area contributed by atoms with E-state index in [4.69, 9.17) is 5.11 Å². The SMILES string of the molecule is CC1(C(=O)Nc2cc(C(=O)O)ccc2Br)CCCNC1. The molecule has 1 aliphatic rings. The molecule has 1 aromatic carbocycles. The van der Waals surface area contributed by atoms with E-state index in [9.17, 15) is 9.59 Å². The molecule has 1 aromatic rings. The zero-order chi connectivity index (χ0) is 14.8. The van der Waals surface area contributed by atoms with Gasteiger partial charge in [0, 0.05) is 11.0 Å². The van der Waals surface area contributed by atoms with Crippen LogP contribution in [-0.4, -0.2) is 30.1 Å². The average molecular weight is 341 g/mol. The largest absolute Gasteiger partial charge is 0.478 e. The molecule has 1 amide bonds. The first-order valence-corrected chi connectivity index (χ1v) is 7.27.